The van der Waals surface area contributed by atoms with E-state index in [0.717, 1.165) is 61.4 Å². The summed E-state index contributed by atoms with van der Waals surface area (Å²) in [7, 11) is -3.73. The smallest absolute Gasteiger partial charge is 0.274 e. The molecule has 9 heteroatoms. The van der Waals surface area contributed by atoms with Crippen LogP contribution in [-0.4, -0.2) is 59.3 Å². The fourth-order valence-electron chi connectivity index (χ4n) is 4.74. The van der Waals surface area contributed by atoms with Gasteiger partial charge in [-0.05, 0) is 43.5 Å². The summed E-state index contributed by atoms with van der Waals surface area (Å²) in [4.78, 5) is 20.1. The van der Waals surface area contributed by atoms with Gasteiger partial charge in [-0.1, -0.05) is 36.8 Å². The molecule has 1 amide bonds. The number of benzene rings is 2. The quantitative estimate of drug-likeness (QED) is 0.570. The summed E-state index contributed by atoms with van der Waals surface area (Å²) in [5.41, 5.74) is 2.44. The van der Waals surface area contributed by atoms with Crippen LogP contribution in [0.15, 0.2) is 59.5 Å². The summed E-state index contributed by atoms with van der Waals surface area (Å²) in [5, 5.41) is 0. The van der Waals surface area contributed by atoms with Gasteiger partial charge < -0.3 is 9.47 Å². The molecule has 0 N–H and O–H groups in total. The minimum Gasteiger partial charge on any atom is -0.335 e. The highest BCUT2D eigenvalue weighted by Crippen LogP contribution is 2.28. The molecule has 34 heavy (non-hydrogen) atoms. The number of aromatic nitrogens is 2. The topological polar surface area (TPSA) is 75.5 Å². The highest BCUT2D eigenvalue weighted by molar-refractivity contribution is 7.89. The molecule has 2 aromatic carbocycles. The van der Waals surface area contributed by atoms with Crippen molar-refractivity contribution in [2.45, 2.75) is 37.1 Å². The predicted octanol–water partition coefficient (Wildman–Crippen LogP) is 3.56. The molecule has 0 saturated carbocycles. The number of rotatable bonds is 4. The average Bonchev–Trinajstić information content (AvgIpc) is 3.05. The second-order valence-corrected chi connectivity index (χ2v) is 10.6. The maximum absolute atomic E-state index is 13.5. The van der Waals surface area contributed by atoms with Crippen molar-refractivity contribution in [3.8, 4) is 11.4 Å². The maximum Gasteiger partial charge on any atom is 0.274 e. The number of carbonyl (C=O) groups excluding carboxylic acids is 1. The lowest BCUT2D eigenvalue weighted by molar-refractivity contribution is 0.0691. The standard InChI is InChI=1S/C25H27FN4O3S/c26-20-10-12-21(13-11-20)34(32,33)29-17-15-28(16-18-29)25(31)23-22-9-5-2-6-14-30(22)24(27-23)19-7-3-1-4-8-19/h1,3-4,7-8,10-13H,2,5-6,9,14-18H2. The fourth-order valence-corrected chi connectivity index (χ4v) is 6.16. The van der Waals surface area contributed by atoms with Gasteiger partial charge in [-0.15, -0.1) is 0 Å². The summed E-state index contributed by atoms with van der Waals surface area (Å²) in [5.74, 6) is 0.188. The van der Waals surface area contributed by atoms with Crippen molar-refractivity contribution in [2.24, 2.45) is 0 Å². The maximum atomic E-state index is 13.5. The van der Waals surface area contributed by atoms with Gasteiger partial charge in [0, 0.05) is 38.3 Å². The van der Waals surface area contributed by atoms with Crippen molar-refractivity contribution >= 4 is 15.9 Å². The number of fused-ring (bicyclic) bond motifs is 1. The number of carbonyl (C=O) groups is 1. The number of hydrogen-bond acceptors (Lipinski definition) is 4. The minimum atomic E-state index is -3.73. The van der Waals surface area contributed by atoms with E-state index in [1.165, 1.54) is 16.4 Å². The first-order valence-corrected chi connectivity index (χ1v) is 13.1. The lowest BCUT2D eigenvalue weighted by Gasteiger charge is -2.33. The van der Waals surface area contributed by atoms with E-state index >= 15 is 0 Å². The average molecular weight is 483 g/mol. The molecule has 7 nitrogen and oxygen atoms in total. The van der Waals surface area contributed by atoms with Crippen molar-refractivity contribution < 1.29 is 17.6 Å². The summed E-state index contributed by atoms with van der Waals surface area (Å²) in [6.07, 6.45) is 3.99. The monoisotopic (exact) mass is 482 g/mol. The number of halogens is 1. The Labute approximate surface area is 198 Å². The zero-order valence-electron chi connectivity index (χ0n) is 18.9. The normalized spacial score (nSPS) is 17.3. The molecule has 0 radical (unpaired) electrons. The molecule has 2 aliphatic rings. The molecule has 0 atom stereocenters. The van der Waals surface area contributed by atoms with Crippen LogP contribution >= 0.6 is 0 Å². The molecule has 178 valence electrons. The van der Waals surface area contributed by atoms with Crippen molar-refractivity contribution in [3.63, 3.8) is 0 Å². The summed E-state index contributed by atoms with van der Waals surface area (Å²) in [6, 6.07) is 14.7. The lowest BCUT2D eigenvalue weighted by Crippen LogP contribution is -2.50. The Balaban J connectivity index is 1.37. The van der Waals surface area contributed by atoms with E-state index in [4.69, 9.17) is 4.98 Å². The first-order valence-electron chi connectivity index (χ1n) is 11.6. The molecule has 5 rings (SSSR count). The molecule has 2 aliphatic heterocycles. The third kappa shape index (κ3) is 4.25. The second kappa shape index (κ2) is 9.31. The van der Waals surface area contributed by atoms with Gasteiger partial charge in [0.25, 0.3) is 5.91 Å². The lowest BCUT2D eigenvalue weighted by atomic mass is 10.1. The molecule has 3 aromatic rings. The van der Waals surface area contributed by atoms with Crippen molar-refractivity contribution in [1.82, 2.24) is 18.8 Å². The number of nitrogens with zero attached hydrogens (tertiary/aromatic N) is 4. The molecule has 3 heterocycles. The van der Waals surface area contributed by atoms with Gasteiger partial charge in [0.1, 0.15) is 17.3 Å². The van der Waals surface area contributed by atoms with E-state index < -0.39 is 15.8 Å². The van der Waals surface area contributed by atoms with Gasteiger partial charge >= 0.3 is 0 Å². The van der Waals surface area contributed by atoms with E-state index in [1.54, 1.807) is 4.90 Å². The second-order valence-electron chi connectivity index (χ2n) is 8.71. The van der Waals surface area contributed by atoms with E-state index in [1.807, 2.05) is 30.3 Å². The van der Waals surface area contributed by atoms with Crippen molar-refractivity contribution in [2.75, 3.05) is 26.2 Å². The Morgan fingerprint density at radius 1 is 0.853 bits per heavy atom. The van der Waals surface area contributed by atoms with Crippen LogP contribution < -0.4 is 0 Å². The Bertz CT molecular complexity index is 1280. The van der Waals surface area contributed by atoms with Crippen LogP contribution in [0.2, 0.25) is 0 Å². The molecule has 1 fully saturated rings. The Morgan fingerprint density at radius 3 is 2.26 bits per heavy atom. The third-order valence-electron chi connectivity index (χ3n) is 6.58. The number of hydrogen-bond donors (Lipinski definition) is 0. The zero-order valence-corrected chi connectivity index (χ0v) is 19.7. The first-order chi connectivity index (χ1) is 16.4. The van der Waals surface area contributed by atoms with Crippen molar-refractivity contribution in [1.29, 1.82) is 0 Å². The largest absolute Gasteiger partial charge is 0.335 e. The fraction of sp³-hybridized carbons (Fsp3) is 0.360. The van der Waals surface area contributed by atoms with Crippen LogP contribution in [0.5, 0.6) is 0 Å². The Hall–Kier alpha value is -3.04. The predicted molar refractivity (Wildman–Crippen MR) is 126 cm³/mol. The number of amides is 1. The molecule has 0 spiro atoms. The van der Waals surface area contributed by atoms with Crippen LogP contribution in [0, 0.1) is 5.82 Å². The van der Waals surface area contributed by atoms with Gasteiger partial charge in [0.05, 0.1) is 10.6 Å². The summed E-state index contributed by atoms with van der Waals surface area (Å²) < 4.78 is 42.6. The van der Waals surface area contributed by atoms with Crippen LogP contribution in [0.25, 0.3) is 11.4 Å². The molecule has 0 bridgehead atoms. The van der Waals surface area contributed by atoms with E-state index in [-0.39, 0.29) is 37.0 Å². The SMILES string of the molecule is O=C(c1nc(-c2ccccc2)n2c1CCCCC2)N1CCN(S(=O)(=O)c2ccc(F)cc2)CC1. The van der Waals surface area contributed by atoms with Gasteiger partial charge in [0.15, 0.2) is 0 Å². The Morgan fingerprint density at radius 2 is 1.56 bits per heavy atom. The van der Waals surface area contributed by atoms with Gasteiger partial charge in [-0.2, -0.15) is 4.31 Å². The highest BCUT2D eigenvalue weighted by atomic mass is 32.2. The molecule has 0 unspecified atom stereocenters. The van der Waals surface area contributed by atoms with Crippen LogP contribution in [0.3, 0.4) is 0 Å². The summed E-state index contributed by atoms with van der Waals surface area (Å²) in [6.45, 7) is 1.78. The number of sulfonamides is 1. The molecule has 1 aromatic heterocycles. The molecular formula is C25H27FN4O3S. The highest BCUT2D eigenvalue weighted by Gasteiger charge is 2.33. The zero-order chi connectivity index (χ0) is 23.7. The van der Waals surface area contributed by atoms with E-state index in [0.29, 0.717) is 5.69 Å². The number of piperazine rings is 1. The van der Waals surface area contributed by atoms with E-state index in [2.05, 4.69) is 4.57 Å². The van der Waals surface area contributed by atoms with Crippen LogP contribution in [0.4, 0.5) is 4.39 Å². The first kappa shape index (κ1) is 22.7. The van der Waals surface area contributed by atoms with E-state index in [9.17, 15) is 17.6 Å². The van der Waals surface area contributed by atoms with Crippen LogP contribution in [-0.2, 0) is 23.0 Å². The van der Waals surface area contributed by atoms with Crippen molar-refractivity contribution in [3.05, 3.63) is 71.8 Å². The number of imidazole rings is 1. The Kier molecular flexibility index (Phi) is 6.22. The molecule has 1 saturated heterocycles. The van der Waals surface area contributed by atoms with Gasteiger partial charge in [-0.3, -0.25) is 4.79 Å². The summed E-state index contributed by atoms with van der Waals surface area (Å²) >= 11 is 0. The van der Waals surface area contributed by atoms with Gasteiger partial charge in [-0.25, -0.2) is 17.8 Å². The molecule has 0 aliphatic carbocycles. The van der Waals surface area contributed by atoms with Gasteiger partial charge in [0.2, 0.25) is 10.0 Å². The van der Waals surface area contributed by atoms with Crippen LogP contribution in [0.1, 0.15) is 35.4 Å². The minimum absolute atomic E-state index is 0.0561. The third-order valence-corrected chi connectivity index (χ3v) is 8.49. The molecular weight excluding hydrogens is 455 g/mol.